The third-order valence-electron chi connectivity index (χ3n) is 4.53. The van der Waals surface area contributed by atoms with Crippen molar-refractivity contribution >= 4 is 23.7 Å². The Balaban J connectivity index is 2.00. The summed E-state index contributed by atoms with van der Waals surface area (Å²) < 4.78 is 0. The fourth-order valence-electron chi connectivity index (χ4n) is 3.32. The molecule has 1 aromatic rings. The van der Waals surface area contributed by atoms with E-state index in [1.165, 1.54) is 5.01 Å². The number of benzene rings is 1. The molecule has 2 fully saturated rings. The molecule has 1 aromatic carbocycles. The average molecular weight is 345 g/mol. The summed E-state index contributed by atoms with van der Waals surface area (Å²) in [6.07, 6.45) is 1.03. The zero-order valence-corrected chi connectivity index (χ0v) is 13.6. The van der Waals surface area contributed by atoms with Crippen molar-refractivity contribution in [3.05, 3.63) is 35.9 Å². The molecule has 25 heavy (non-hydrogen) atoms. The summed E-state index contributed by atoms with van der Waals surface area (Å²) in [5.41, 5.74) is -1.67. The number of carbonyl (C=O) groups is 4. The molecule has 3 rings (SSSR count). The van der Waals surface area contributed by atoms with Crippen molar-refractivity contribution in [2.75, 3.05) is 6.54 Å². The van der Waals surface area contributed by atoms with E-state index in [4.69, 9.17) is 0 Å². The third-order valence-corrected chi connectivity index (χ3v) is 4.53. The maximum Gasteiger partial charge on any atom is 0.352 e. The fourth-order valence-corrected chi connectivity index (χ4v) is 3.32. The molecular formula is C17H19N3O5. The topological polar surface area (TPSA) is 107 Å². The van der Waals surface area contributed by atoms with Crippen molar-refractivity contribution in [2.45, 2.75) is 37.8 Å². The largest absolute Gasteiger partial charge is 0.478 e. The second-order valence-electron chi connectivity index (χ2n) is 6.17. The summed E-state index contributed by atoms with van der Waals surface area (Å²) in [5, 5.41) is 14.5. The van der Waals surface area contributed by atoms with Crippen molar-refractivity contribution in [3.8, 4) is 0 Å². The van der Waals surface area contributed by atoms with E-state index in [-0.39, 0.29) is 37.3 Å². The molecule has 0 spiro atoms. The molecule has 0 aliphatic carbocycles. The van der Waals surface area contributed by atoms with Crippen molar-refractivity contribution in [1.82, 2.24) is 15.3 Å². The van der Waals surface area contributed by atoms with Crippen LogP contribution in [0.15, 0.2) is 30.3 Å². The molecule has 132 valence electrons. The molecule has 2 heterocycles. The quantitative estimate of drug-likeness (QED) is 0.840. The van der Waals surface area contributed by atoms with Crippen molar-refractivity contribution in [1.29, 1.82) is 0 Å². The number of nitrogens with one attached hydrogen (secondary N) is 1. The van der Waals surface area contributed by atoms with Crippen LogP contribution in [0, 0.1) is 0 Å². The van der Waals surface area contributed by atoms with Gasteiger partial charge in [0.25, 0.3) is 5.91 Å². The maximum absolute atomic E-state index is 12.6. The van der Waals surface area contributed by atoms with Crippen LogP contribution in [0.1, 0.15) is 42.5 Å². The van der Waals surface area contributed by atoms with Crippen LogP contribution in [-0.4, -0.2) is 51.0 Å². The van der Waals surface area contributed by atoms with Gasteiger partial charge in [-0.2, -0.15) is 0 Å². The summed E-state index contributed by atoms with van der Waals surface area (Å²) in [6.45, 7) is 0.265. The first-order valence-electron chi connectivity index (χ1n) is 8.20. The summed E-state index contributed by atoms with van der Waals surface area (Å²) in [4.78, 5) is 49.5. The van der Waals surface area contributed by atoms with E-state index < -0.39 is 23.4 Å². The van der Waals surface area contributed by atoms with Gasteiger partial charge in [0.15, 0.2) is 0 Å². The number of hydrazine groups is 1. The molecule has 0 aromatic heterocycles. The lowest BCUT2D eigenvalue weighted by molar-refractivity contribution is -0.198. The van der Waals surface area contributed by atoms with Gasteiger partial charge in [-0.25, -0.2) is 14.8 Å². The van der Waals surface area contributed by atoms with Crippen LogP contribution in [0.4, 0.5) is 0 Å². The minimum atomic E-state index is -1.96. The summed E-state index contributed by atoms with van der Waals surface area (Å²) >= 11 is 0. The van der Waals surface area contributed by atoms with E-state index in [9.17, 15) is 24.3 Å². The van der Waals surface area contributed by atoms with E-state index in [2.05, 4.69) is 5.32 Å². The molecule has 2 N–H and O–H groups in total. The van der Waals surface area contributed by atoms with Crippen LogP contribution in [-0.2, 0) is 14.4 Å². The highest BCUT2D eigenvalue weighted by Crippen LogP contribution is 2.31. The number of carbonyl (C=O) groups excluding carboxylic acids is 3. The Morgan fingerprint density at radius 3 is 2.40 bits per heavy atom. The Morgan fingerprint density at radius 2 is 1.72 bits per heavy atom. The number of carboxylic acids is 1. The Labute approximate surface area is 144 Å². The molecule has 2 aliphatic rings. The molecule has 0 radical (unpaired) electrons. The van der Waals surface area contributed by atoms with Gasteiger partial charge in [-0.3, -0.25) is 14.4 Å². The number of carboxylic acid groups (broad SMARTS) is 1. The van der Waals surface area contributed by atoms with Gasteiger partial charge in [0.1, 0.15) is 0 Å². The van der Waals surface area contributed by atoms with E-state index in [0.717, 1.165) is 5.01 Å². The van der Waals surface area contributed by atoms with Gasteiger partial charge in [0, 0.05) is 31.4 Å². The number of fused-ring (bicyclic) bond motifs is 1. The fraction of sp³-hybridized carbons (Fsp3) is 0.412. The number of rotatable bonds is 3. The van der Waals surface area contributed by atoms with E-state index in [1.54, 1.807) is 30.3 Å². The van der Waals surface area contributed by atoms with E-state index >= 15 is 0 Å². The summed E-state index contributed by atoms with van der Waals surface area (Å²) in [7, 11) is 0. The van der Waals surface area contributed by atoms with Gasteiger partial charge >= 0.3 is 5.97 Å². The third kappa shape index (κ3) is 2.95. The van der Waals surface area contributed by atoms with Gasteiger partial charge in [-0.05, 0) is 25.0 Å². The van der Waals surface area contributed by atoms with Crippen LogP contribution in [0.5, 0.6) is 0 Å². The van der Waals surface area contributed by atoms with Crippen molar-refractivity contribution in [2.24, 2.45) is 0 Å². The molecule has 8 heteroatoms. The standard InChI is InChI=1S/C17H19N3O5/c21-13-8-4-9-14(22)20-17(16(24)25,10-5-11-19(13)20)18-15(23)12-6-2-1-3-7-12/h1-3,6-7H,4-5,8-11H2,(H,18,23)(H,24,25)/t17-/m0/s1. The van der Waals surface area contributed by atoms with Gasteiger partial charge in [-0.15, -0.1) is 0 Å². The number of aliphatic carboxylic acids is 1. The highest BCUT2D eigenvalue weighted by molar-refractivity contribution is 5.99. The molecule has 1 atom stereocenters. The first kappa shape index (κ1) is 16.9. The number of nitrogens with zero attached hydrogens (tertiary/aromatic N) is 2. The van der Waals surface area contributed by atoms with Gasteiger partial charge < -0.3 is 10.4 Å². The molecule has 0 bridgehead atoms. The van der Waals surface area contributed by atoms with E-state index in [0.29, 0.717) is 12.8 Å². The Morgan fingerprint density at radius 1 is 1.04 bits per heavy atom. The van der Waals surface area contributed by atoms with Crippen molar-refractivity contribution in [3.63, 3.8) is 0 Å². The molecule has 8 nitrogen and oxygen atoms in total. The first-order valence-corrected chi connectivity index (χ1v) is 8.20. The number of hydrogen-bond acceptors (Lipinski definition) is 4. The SMILES string of the molecule is O=C(N[C@@]1(C(=O)O)CCCN2C(=O)CCCC(=O)N21)c1ccccc1. The zero-order chi connectivity index (χ0) is 18.0. The second-order valence-corrected chi connectivity index (χ2v) is 6.17. The molecule has 3 amide bonds. The predicted octanol–water partition coefficient (Wildman–Crippen LogP) is 0.747. The number of amides is 3. The lowest BCUT2D eigenvalue weighted by Crippen LogP contribution is -2.73. The lowest BCUT2D eigenvalue weighted by atomic mass is 9.98. The van der Waals surface area contributed by atoms with Gasteiger partial charge in [-0.1, -0.05) is 18.2 Å². The Hall–Kier alpha value is -2.90. The molecule has 0 saturated carbocycles. The van der Waals surface area contributed by atoms with Crippen LogP contribution >= 0.6 is 0 Å². The van der Waals surface area contributed by atoms with Crippen LogP contribution < -0.4 is 5.32 Å². The number of hydrogen-bond donors (Lipinski definition) is 2. The first-order chi connectivity index (χ1) is 12.0. The molecule has 2 aliphatic heterocycles. The van der Waals surface area contributed by atoms with Crippen LogP contribution in [0.3, 0.4) is 0 Å². The second kappa shape index (κ2) is 6.54. The minimum Gasteiger partial charge on any atom is -0.478 e. The average Bonchev–Trinajstić information content (AvgIpc) is 2.75. The van der Waals surface area contributed by atoms with Crippen LogP contribution in [0.2, 0.25) is 0 Å². The highest BCUT2D eigenvalue weighted by Gasteiger charge is 2.54. The summed E-state index contributed by atoms with van der Waals surface area (Å²) in [5.74, 6) is -2.73. The van der Waals surface area contributed by atoms with Gasteiger partial charge in [0.2, 0.25) is 17.5 Å². The van der Waals surface area contributed by atoms with Gasteiger partial charge in [0.05, 0.1) is 0 Å². The predicted molar refractivity (Wildman–Crippen MR) is 85.9 cm³/mol. The van der Waals surface area contributed by atoms with Crippen LogP contribution in [0.25, 0.3) is 0 Å². The summed E-state index contributed by atoms with van der Waals surface area (Å²) in [6, 6.07) is 8.18. The molecular weight excluding hydrogens is 326 g/mol. The Bertz CT molecular complexity index is 720. The lowest BCUT2D eigenvalue weighted by Gasteiger charge is -2.49. The minimum absolute atomic E-state index is 0.0381. The monoisotopic (exact) mass is 345 g/mol. The zero-order valence-electron chi connectivity index (χ0n) is 13.6. The normalized spacial score (nSPS) is 23.7. The molecule has 0 unspecified atom stereocenters. The van der Waals surface area contributed by atoms with E-state index in [1.807, 2.05) is 0 Å². The van der Waals surface area contributed by atoms with Crippen molar-refractivity contribution < 1.29 is 24.3 Å². The maximum atomic E-state index is 12.6. The smallest absolute Gasteiger partial charge is 0.352 e. The highest BCUT2D eigenvalue weighted by atomic mass is 16.4. The Kier molecular flexibility index (Phi) is 4.43. The molecule has 2 saturated heterocycles.